The lowest BCUT2D eigenvalue weighted by Crippen LogP contribution is -2.24. The molecule has 0 radical (unpaired) electrons. The summed E-state index contributed by atoms with van der Waals surface area (Å²) in [6, 6.07) is 19.6. The van der Waals surface area contributed by atoms with Crippen molar-refractivity contribution in [1.29, 1.82) is 0 Å². The van der Waals surface area contributed by atoms with Crippen LogP contribution in [0.3, 0.4) is 0 Å². The zero-order chi connectivity index (χ0) is 19.8. The monoisotopic (exact) mass is 375 g/mol. The average Bonchev–Trinajstić information content (AvgIpc) is 2.73. The number of ether oxygens (including phenoxy) is 1. The van der Waals surface area contributed by atoms with Crippen LogP contribution in [-0.2, 0) is 13.0 Å². The Labute approximate surface area is 165 Å². The van der Waals surface area contributed by atoms with Crippen molar-refractivity contribution in [1.82, 2.24) is 10.3 Å². The predicted octanol–water partition coefficient (Wildman–Crippen LogP) is 3.98. The lowest BCUT2D eigenvalue weighted by atomic mass is 10.1. The number of methoxy groups -OCH3 is 1. The number of anilines is 1. The van der Waals surface area contributed by atoms with Crippen LogP contribution >= 0.6 is 0 Å². The molecule has 5 nitrogen and oxygen atoms in total. The van der Waals surface area contributed by atoms with Crippen LogP contribution in [0.5, 0.6) is 5.75 Å². The summed E-state index contributed by atoms with van der Waals surface area (Å²) in [6.45, 7) is 3.30. The second-order valence-electron chi connectivity index (χ2n) is 6.57. The fourth-order valence-electron chi connectivity index (χ4n) is 2.89. The van der Waals surface area contributed by atoms with E-state index in [4.69, 9.17) is 4.74 Å². The number of amides is 1. The molecule has 0 saturated carbocycles. The minimum absolute atomic E-state index is 0.175. The Morgan fingerprint density at radius 1 is 1.07 bits per heavy atom. The van der Waals surface area contributed by atoms with Crippen LogP contribution in [0.4, 0.5) is 5.69 Å². The fraction of sp³-hybridized carbons (Fsp3) is 0.217. The number of rotatable bonds is 8. The highest BCUT2D eigenvalue weighted by Gasteiger charge is 2.07. The zero-order valence-electron chi connectivity index (χ0n) is 16.2. The van der Waals surface area contributed by atoms with Gasteiger partial charge in [-0.1, -0.05) is 36.4 Å². The van der Waals surface area contributed by atoms with Crippen LogP contribution in [0.2, 0.25) is 0 Å². The largest absolute Gasteiger partial charge is 0.497 e. The van der Waals surface area contributed by atoms with Crippen LogP contribution in [0.1, 0.15) is 27.2 Å². The van der Waals surface area contributed by atoms with Gasteiger partial charge in [0.25, 0.3) is 5.91 Å². The summed E-state index contributed by atoms with van der Waals surface area (Å²) in [4.78, 5) is 16.6. The molecule has 1 amide bonds. The Bertz CT molecular complexity index is 923. The molecule has 2 aromatic carbocycles. The molecular weight excluding hydrogens is 350 g/mol. The third kappa shape index (κ3) is 5.33. The van der Waals surface area contributed by atoms with E-state index in [1.807, 2.05) is 55.5 Å². The third-order valence-electron chi connectivity index (χ3n) is 4.57. The summed E-state index contributed by atoms with van der Waals surface area (Å²) >= 11 is 0. The number of carbonyl (C=O) groups is 1. The molecule has 0 aliphatic carbocycles. The topological polar surface area (TPSA) is 63.2 Å². The molecule has 0 aliphatic heterocycles. The molecule has 5 heteroatoms. The number of hydrogen-bond acceptors (Lipinski definition) is 4. The first-order valence-electron chi connectivity index (χ1n) is 9.31. The van der Waals surface area contributed by atoms with E-state index in [1.54, 1.807) is 19.4 Å². The standard InChI is InChI=1S/C23H25N3O2/c1-17-6-3-4-8-19(17)15-26-23(27)22-11-10-20(16-25-22)24-13-12-18-7-5-9-21(14-18)28-2/h3-11,14,16,24H,12-13,15H2,1-2H3,(H,26,27). The first-order chi connectivity index (χ1) is 13.7. The maximum atomic E-state index is 12.3. The highest BCUT2D eigenvalue weighted by molar-refractivity contribution is 5.92. The number of benzene rings is 2. The Hall–Kier alpha value is -3.34. The van der Waals surface area contributed by atoms with Gasteiger partial charge in [0, 0.05) is 13.1 Å². The van der Waals surface area contributed by atoms with Crippen molar-refractivity contribution in [2.24, 2.45) is 0 Å². The van der Waals surface area contributed by atoms with Crippen molar-refractivity contribution in [3.8, 4) is 5.75 Å². The van der Waals surface area contributed by atoms with Gasteiger partial charge < -0.3 is 15.4 Å². The number of nitrogens with zero attached hydrogens (tertiary/aromatic N) is 1. The predicted molar refractivity (Wildman–Crippen MR) is 112 cm³/mol. The number of hydrogen-bond donors (Lipinski definition) is 2. The van der Waals surface area contributed by atoms with Crippen molar-refractivity contribution in [2.75, 3.05) is 19.0 Å². The molecule has 1 heterocycles. The molecule has 144 valence electrons. The first kappa shape index (κ1) is 19.4. The molecule has 0 atom stereocenters. The van der Waals surface area contributed by atoms with Crippen molar-refractivity contribution in [3.63, 3.8) is 0 Å². The van der Waals surface area contributed by atoms with E-state index in [0.717, 1.165) is 35.5 Å². The van der Waals surface area contributed by atoms with E-state index >= 15 is 0 Å². The van der Waals surface area contributed by atoms with Gasteiger partial charge in [-0.15, -0.1) is 0 Å². The Balaban J connectivity index is 1.48. The van der Waals surface area contributed by atoms with E-state index in [2.05, 4.69) is 21.7 Å². The summed E-state index contributed by atoms with van der Waals surface area (Å²) < 4.78 is 5.24. The van der Waals surface area contributed by atoms with Crippen molar-refractivity contribution < 1.29 is 9.53 Å². The van der Waals surface area contributed by atoms with E-state index in [1.165, 1.54) is 5.56 Å². The van der Waals surface area contributed by atoms with Gasteiger partial charge >= 0.3 is 0 Å². The maximum absolute atomic E-state index is 12.3. The Morgan fingerprint density at radius 3 is 2.68 bits per heavy atom. The van der Waals surface area contributed by atoms with E-state index in [0.29, 0.717) is 12.2 Å². The molecule has 0 fully saturated rings. The van der Waals surface area contributed by atoms with Gasteiger partial charge in [-0.25, -0.2) is 4.98 Å². The summed E-state index contributed by atoms with van der Waals surface area (Å²) in [5.41, 5.74) is 4.76. The van der Waals surface area contributed by atoms with Gasteiger partial charge in [-0.3, -0.25) is 4.79 Å². The highest BCUT2D eigenvalue weighted by Crippen LogP contribution is 2.13. The van der Waals surface area contributed by atoms with Gasteiger partial charge in [-0.05, 0) is 54.3 Å². The van der Waals surface area contributed by atoms with Crippen LogP contribution < -0.4 is 15.4 Å². The van der Waals surface area contributed by atoms with Gasteiger partial charge in [0.2, 0.25) is 0 Å². The molecule has 3 rings (SSSR count). The minimum Gasteiger partial charge on any atom is -0.497 e. The summed E-state index contributed by atoms with van der Waals surface area (Å²) in [5, 5.41) is 6.24. The summed E-state index contributed by atoms with van der Waals surface area (Å²) in [5.74, 6) is 0.686. The molecule has 0 saturated heterocycles. The average molecular weight is 375 g/mol. The maximum Gasteiger partial charge on any atom is 0.270 e. The van der Waals surface area contributed by atoms with Gasteiger partial charge in [0.05, 0.1) is 19.0 Å². The molecule has 0 unspecified atom stereocenters. The van der Waals surface area contributed by atoms with E-state index in [9.17, 15) is 4.79 Å². The smallest absolute Gasteiger partial charge is 0.270 e. The molecular formula is C23H25N3O2. The number of pyridine rings is 1. The van der Waals surface area contributed by atoms with Crippen LogP contribution in [0.25, 0.3) is 0 Å². The molecule has 3 aromatic rings. The molecule has 0 aliphatic rings. The van der Waals surface area contributed by atoms with E-state index in [-0.39, 0.29) is 5.91 Å². The molecule has 28 heavy (non-hydrogen) atoms. The quantitative estimate of drug-likeness (QED) is 0.625. The van der Waals surface area contributed by atoms with Gasteiger partial charge in [-0.2, -0.15) is 0 Å². The second-order valence-corrected chi connectivity index (χ2v) is 6.57. The molecule has 0 bridgehead atoms. The lowest BCUT2D eigenvalue weighted by molar-refractivity contribution is 0.0946. The molecule has 0 spiro atoms. The van der Waals surface area contributed by atoms with E-state index < -0.39 is 0 Å². The summed E-state index contributed by atoms with van der Waals surface area (Å²) in [7, 11) is 1.67. The number of aromatic nitrogens is 1. The van der Waals surface area contributed by atoms with Crippen molar-refractivity contribution in [2.45, 2.75) is 19.9 Å². The Morgan fingerprint density at radius 2 is 1.93 bits per heavy atom. The van der Waals surface area contributed by atoms with Gasteiger partial charge in [0.15, 0.2) is 0 Å². The van der Waals surface area contributed by atoms with Crippen molar-refractivity contribution in [3.05, 3.63) is 89.2 Å². The van der Waals surface area contributed by atoms with Crippen LogP contribution in [0.15, 0.2) is 66.9 Å². The number of nitrogens with one attached hydrogen (secondary N) is 2. The molecule has 1 aromatic heterocycles. The fourth-order valence-corrected chi connectivity index (χ4v) is 2.89. The van der Waals surface area contributed by atoms with Crippen LogP contribution in [-0.4, -0.2) is 24.5 Å². The lowest BCUT2D eigenvalue weighted by Gasteiger charge is -2.09. The zero-order valence-corrected chi connectivity index (χ0v) is 16.2. The second kappa shape index (κ2) is 9.55. The van der Waals surface area contributed by atoms with Crippen molar-refractivity contribution >= 4 is 11.6 Å². The minimum atomic E-state index is -0.175. The molecule has 2 N–H and O–H groups in total. The normalized spacial score (nSPS) is 10.4. The first-order valence-corrected chi connectivity index (χ1v) is 9.31. The Kier molecular flexibility index (Phi) is 6.63. The van der Waals surface area contributed by atoms with Crippen LogP contribution in [0, 0.1) is 6.92 Å². The summed E-state index contributed by atoms with van der Waals surface area (Å²) in [6.07, 6.45) is 2.56. The SMILES string of the molecule is COc1cccc(CCNc2ccc(C(=O)NCc3ccccc3C)nc2)c1. The highest BCUT2D eigenvalue weighted by atomic mass is 16.5. The third-order valence-corrected chi connectivity index (χ3v) is 4.57. The number of carbonyl (C=O) groups excluding carboxylic acids is 1. The van der Waals surface area contributed by atoms with Gasteiger partial charge in [0.1, 0.15) is 11.4 Å². The number of aryl methyl sites for hydroxylation is 1.